The Morgan fingerprint density at radius 2 is 1.96 bits per heavy atom. The number of rotatable bonds is 2. The number of amides is 1. The molecule has 5 nitrogen and oxygen atoms in total. The zero-order chi connectivity index (χ0) is 15.8. The molecule has 1 aromatic heterocycles. The standard InChI is InChI=1S/C18H20N4O/c1-13-10-14-6-2-3-7-16(14)22(13)18(23)15-11-17(20-12-19-15)21-8-4-5-9-21/h2-3,6-7,11-13H,4-5,8-10H2,1H3. The van der Waals surface area contributed by atoms with Gasteiger partial charge in [-0.1, -0.05) is 18.2 Å². The zero-order valence-corrected chi connectivity index (χ0v) is 13.3. The van der Waals surface area contributed by atoms with E-state index in [0.29, 0.717) is 5.69 Å². The first-order chi connectivity index (χ1) is 11.2. The lowest BCUT2D eigenvalue weighted by Crippen LogP contribution is -2.36. The molecule has 1 amide bonds. The van der Waals surface area contributed by atoms with Crippen LogP contribution in [-0.2, 0) is 6.42 Å². The summed E-state index contributed by atoms with van der Waals surface area (Å²) in [5, 5.41) is 0. The van der Waals surface area contributed by atoms with Crippen LogP contribution in [0, 0.1) is 0 Å². The average Bonchev–Trinajstić information content (AvgIpc) is 3.21. The first-order valence-electron chi connectivity index (χ1n) is 8.22. The predicted octanol–water partition coefficient (Wildman–Crippen LogP) is 2.67. The number of aromatic nitrogens is 2. The molecule has 0 spiro atoms. The van der Waals surface area contributed by atoms with E-state index in [2.05, 4.69) is 27.9 Å². The number of benzene rings is 1. The van der Waals surface area contributed by atoms with Crippen LogP contribution >= 0.6 is 0 Å². The molecule has 2 aliphatic rings. The highest BCUT2D eigenvalue weighted by atomic mass is 16.2. The second-order valence-corrected chi connectivity index (χ2v) is 6.31. The van der Waals surface area contributed by atoms with E-state index in [1.165, 1.54) is 24.7 Å². The van der Waals surface area contributed by atoms with Crippen molar-refractivity contribution in [3.8, 4) is 0 Å². The van der Waals surface area contributed by atoms with Gasteiger partial charge in [0.25, 0.3) is 5.91 Å². The number of para-hydroxylation sites is 1. The summed E-state index contributed by atoms with van der Waals surface area (Å²) >= 11 is 0. The van der Waals surface area contributed by atoms with Crippen molar-refractivity contribution >= 4 is 17.4 Å². The van der Waals surface area contributed by atoms with Crippen molar-refractivity contribution in [2.24, 2.45) is 0 Å². The molecular formula is C18H20N4O. The molecule has 1 fully saturated rings. The smallest absolute Gasteiger partial charge is 0.277 e. The van der Waals surface area contributed by atoms with Gasteiger partial charge in [0.2, 0.25) is 0 Å². The van der Waals surface area contributed by atoms with Gasteiger partial charge >= 0.3 is 0 Å². The van der Waals surface area contributed by atoms with Gasteiger partial charge < -0.3 is 9.80 Å². The third kappa shape index (κ3) is 2.46. The van der Waals surface area contributed by atoms with Crippen LogP contribution < -0.4 is 9.80 Å². The second-order valence-electron chi connectivity index (χ2n) is 6.31. The first kappa shape index (κ1) is 14.2. The number of nitrogens with zero attached hydrogens (tertiary/aromatic N) is 4. The zero-order valence-electron chi connectivity index (χ0n) is 13.3. The van der Waals surface area contributed by atoms with Crippen LogP contribution in [0.1, 0.15) is 35.8 Å². The maximum Gasteiger partial charge on any atom is 0.277 e. The Morgan fingerprint density at radius 3 is 2.78 bits per heavy atom. The van der Waals surface area contributed by atoms with E-state index >= 15 is 0 Å². The van der Waals surface area contributed by atoms with E-state index in [1.807, 2.05) is 29.2 Å². The van der Waals surface area contributed by atoms with Crippen LogP contribution in [0.15, 0.2) is 36.7 Å². The summed E-state index contributed by atoms with van der Waals surface area (Å²) in [6.07, 6.45) is 4.77. The summed E-state index contributed by atoms with van der Waals surface area (Å²) in [4.78, 5) is 25.7. The van der Waals surface area contributed by atoms with Crippen molar-refractivity contribution in [2.75, 3.05) is 22.9 Å². The van der Waals surface area contributed by atoms with E-state index in [9.17, 15) is 4.79 Å². The van der Waals surface area contributed by atoms with E-state index in [-0.39, 0.29) is 11.9 Å². The van der Waals surface area contributed by atoms with Crippen LogP contribution in [0.25, 0.3) is 0 Å². The van der Waals surface area contributed by atoms with Gasteiger partial charge in [0.15, 0.2) is 0 Å². The highest BCUT2D eigenvalue weighted by Gasteiger charge is 2.32. The summed E-state index contributed by atoms with van der Waals surface area (Å²) in [6, 6.07) is 10.1. The lowest BCUT2D eigenvalue weighted by Gasteiger charge is -2.23. The summed E-state index contributed by atoms with van der Waals surface area (Å²) in [6.45, 7) is 4.10. The highest BCUT2D eigenvalue weighted by Crippen LogP contribution is 2.33. The van der Waals surface area contributed by atoms with E-state index < -0.39 is 0 Å². The Hall–Kier alpha value is -2.43. The van der Waals surface area contributed by atoms with Crippen molar-refractivity contribution in [3.05, 3.63) is 47.9 Å². The molecule has 0 N–H and O–H groups in total. The van der Waals surface area contributed by atoms with Crippen LogP contribution in [0.2, 0.25) is 0 Å². The molecule has 2 aromatic rings. The molecule has 1 atom stereocenters. The van der Waals surface area contributed by atoms with Gasteiger partial charge in [0, 0.05) is 30.9 Å². The fourth-order valence-electron chi connectivity index (χ4n) is 3.58. The van der Waals surface area contributed by atoms with Gasteiger partial charge in [-0.15, -0.1) is 0 Å². The summed E-state index contributed by atoms with van der Waals surface area (Å²) < 4.78 is 0. The van der Waals surface area contributed by atoms with E-state index in [4.69, 9.17) is 0 Å². The van der Waals surface area contributed by atoms with Gasteiger partial charge in [-0.05, 0) is 37.8 Å². The van der Waals surface area contributed by atoms with Gasteiger partial charge in [0.1, 0.15) is 17.8 Å². The SMILES string of the molecule is CC1Cc2ccccc2N1C(=O)c1cc(N2CCCC2)ncn1. The van der Waals surface area contributed by atoms with Gasteiger partial charge in [-0.25, -0.2) is 9.97 Å². The van der Waals surface area contributed by atoms with Crippen LogP contribution in [0.5, 0.6) is 0 Å². The molecule has 1 saturated heterocycles. The number of hydrogen-bond acceptors (Lipinski definition) is 4. The van der Waals surface area contributed by atoms with Crippen molar-refractivity contribution in [3.63, 3.8) is 0 Å². The fraction of sp³-hybridized carbons (Fsp3) is 0.389. The molecule has 3 heterocycles. The molecule has 1 unspecified atom stereocenters. The minimum absolute atomic E-state index is 0.0368. The first-order valence-corrected chi connectivity index (χ1v) is 8.22. The quantitative estimate of drug-likeness (QED) is 0.856. The second kappa shape index (κ2) is 5.65. The topological polar surface area (TPSA) is 49.3 Å². The molecular weight excluding hydrogens is 288 g/mol. The summed E-state index contributed by atoms with van der Waals surface area (Å²) in [5.41, 5.74) is 2.71. The molecule has 4 rings (SSSR count). The van der Waals surface area contributed by atoms with Crippen LogP contribution in [-0.4, -0.2) is 35.0 Å². The fourth-order valence-corrected chi connectivity index (χ4v) is 3.58. The van der Waals surface area contributed by atoms with Crippen molar-refractivity contribution in [2.45, 2.75) is 32.2 Å². The molecule has 0 saturated carbocycles. The number of hydrogen-bond donors (Lipinski definition) is 0. The average molecular weight is 308 g/mol. The van der Waals surface area contributed by atoms with Gasteiger partial charge in [-0.2, -0.15) is 0 Å². The molecule has 0 radical (unpaired) electrons. The number of fused-ring (bicyclic) bond motifs is 1. The summed E-state index contributed by atoms with van der Waals surface area (Å²) in [7, 11) is 0. The maximum absolute atomic E-state index is 13.0. The molecule has 2 aliphatic heterocycles. The predicted molar refractivity (Wildman–Crippen MR) is 89.9 cm³/mol. The van der Waals surface area contributed by atoms with E-state index in [0.717, 1.165) is 31.0 Å². The number of anilines is 2. The maximum atomic E-state index is 13.0. The Kier molecular flexibility index (Phi) is 3.48. The van der Waals surface area contributed by atoms with E-state index in [1.54, 1.807) is 0 Å². The van der Waals surface area contributed by atoms with Crippen molar-refractivity contribution in [1.82, 2.24) is 9.97 Å². The van der Waals surface area contributed by atoms with Crippen LogP contribution in [0.4, 0.5) is 11.5 Å². The lowest BCUT2D eigenvalue weighted by atomic mass is 10.1. The Bertz CT molecular complexity index is 739. The highest BCUT2D eigenvalue weighted by molar-refractivity contribution is 6.06. The minimum atomic E-state index is -0.0368. The van der Waals surface area contributed by atoms with Gasteiger partial charge in [-0.3, -0.25) is 4.79 Å². The lowest BCUT2D eigenvalue weighted by molar-refractivity contribution is 0.0976. The molecule has 1 aromatic carbocycles. The minimum Gasteiger partial charge on any atom is -0.357 e. The third-order valence-corrected chi connectivity index (χ3v) is 4.73. The Morgan fingerprint density at radius 1 is 1.17 bits per heavy atom. The largest absolute Gasteiger partial charge is 0.357 e. The van der Waals surface area contributed by atoms with Crippen molar-refractivity contribution in [1.29, 1.82) is 0 Å². The molecule has 0 aliphatic carbocycles. The van der Waals surface area contributed by atoms with Crippen LogP contribution in [0.3, 0.4) is 0 Å². The third-order valence-electron chi connectivity index (χ3n) is 4.73. The molecule has 118 valence electrons. The Balaban J connectivity index is 1.66. The monoisotopic (exact) mass is 308 g/mol. The molecule has 0 bridgehead atoms. The Labute approximate surface area is 136 Å². The van der Waals surface area contributed by atoms with Gasteiger partial charge in [0.05, 0.1) is 0 Å². The molecule has 23 heavy (non-hydrogen) atoms. The number of carbonyl (C=O) groups excluding carboxylic acids is 1. The van der Waals surface area contributed by atoms with Crippen molar-refractivity contribution < 1.29 is 4.79 Å². The number of carbonyl (C=O) groups is 1. The molecule has 5 heteroatoms. The summed E-state index contributed by atoms with van der Waals surface area (Å²) in [5.74, 6) is 0.825. The normalized spacial score (nSPS) is 20.0.